The van der Waals surface area contributed by atoms with Crippen LogP contribution in [0.15, 0.2) is 33.7 Å². The topological polar surface area (TPSA) is 90.9 Å². The normalized spacial score (nSPS) is 18.4. The van der Waals surface area contributed by atoms with Gasteiger partial charge in [-0.3, -0.25) is 9.79 Å². The number of halogens is 2. The summed E-state index contributed by atoms with van der Waals surface area (Å²) in [6, 6.07) is 7.19. The third-order valence-corrected chi connectivity index (χ3v) is 7.36. The summed E-state index contributed by atoms with van der Waals surface area (Å²) in [7, 11) is -1.43. The summed E-state index contributed by atoms with van der Waals surface area (Å²) >= 11 is 3.35. The molecule has 152 valence electrons. The summed E-state index contributed by atoms with van der Waals surface area (Å²) in [5.41, 5.74) is 0.590. The molecule has 1 saturated heterocycles. The highest BCUT2D eigenvalue weighted by molar-refractivity contribution is 14.0. The summed E-state index contributed by atoms with van der Waals surface area (Å²) in [5.74, 6) is 0.610. The van der Waals surface area contributed by atoms with Crippen molar-refractivity contribution in [2.75, 3.05) is 39.0 Å². The summed E-state index contributed by atoms with van der Waals surface area (Å²) < 4.78 is 24.3. The second kappa shape index (κ2) is 10.1. The van der Waals surface area contributed by atoms with Gasteiger partial charge in [-0.05, 0) is 32.0 Å². The molecule has 1 amide bonds. The van der Waals surface area contributed by atoms with Gasteiger partial charge in [0.05, 0.1) is 10.5 Å². The maximum atomic E-state index is 12.1. The van der Waals surface area contributed by atoms with Gasteiger partial charge in [-0.2, -0.15) is 0 Å². The molecule has 2 N–H and O–H groups in total. The first-order valence-electron chi connectivity index (χ1n) is 8.38. The molecule has 0 bridgehead atoms. The molecule has 0 atom stereocenters. The zero-order chi connectivity index (χ0) is 19.4. The van der Waals surface area contributed by atoms with E-state index in [9.17, 15) is 13.2 Å². The average Bonchev–Trinajstić information content (AvgIpc) is 2.57. The molecule has 10 heteroatoms. The number of amides is 1. The SMILES string of the molecule is CN=C(NCCNC(=O)c1cccc(Br)c1)N1CCS(=O)(=O)C(C)(C)C1.I. The minimum absolute atomic E-state index is 0. The van der Waals surface area contributed by atoms with Crippen molar-refractivity contribution in [1.29, 1.82) is 0 Å². The van der Waals surface area contributed by atoms with Crippen LogP contribution in [0.4, 0.5) is 0 Å². The van der Waals surface area contributed by atoms with Crippen LogP contribution in [0, 0.1) is 0 Å². The fraction of sp³-hybridized carbons (Fsp3) is 0.529. The molecule has 2 rings (SSSR count). The fourth-order valence-corrected chi connectivity index (χ4v) is 4.50. The number of nitrogens with one attached hydrogen (secondary N) is 2. The Labute approximate surface area is 186 Å². The highest BCUT2D eigenvalue weighted by atomic mass is 127. The van der Waals surface area contributed by atoms with E-state index in [-0.39, 0.29) is 35.6 Å². The predicted octanol–water partition coefficient (Wildman–Crippen LogP) is 1.88. The first-order chi connectivity index (χ1) is 12.2. The zero-order valence-corrected chi connectivity index (χ0v) is 20.4. The van der Waals surface area contributed by atoms with Crippen LogP contribution in [0.25, 0.3) is 0 Å². The van der Waals surface area contributed by atoms with Gasteiger partial charge in [-0.25, -0.2) is 8.42 Å². The Morgan fingerprint density at radius 1 is 1.30 bits per heavy atom. The number of carbonyl (C=O) groups excluding carboxylic acids is 1. The molecule has 0 unspecified atom stereocenters. The van der Waals surface area contributed by atoms with Crippen LogP contribution in [0.3, 0.4) is 0 Å². The van der Waals surface area contributed by atoms with E-state index in [0.717, 1.165) is 4.47 Å². The first-order valence-corrected chi connectivity index (χ1v) is 10.8. The van der Waals surface area contributed by atoms with Crippen molar-refractivity contribution in [3.8, 4) is 0 Å². The smallest absolute Gasteiger partial charge is 0.251 e. The van der Waals surface area contributed by atoms with Gasteiger partial charge in [0.25, 0.3) is 5.91 Å². The molecule has 1 aromatic carbocycles. The Balaban J connectivity index is 0.00000364. The van der Waals surface area contributed by atoms with E-state index in [0.29, 0.717) is 37.7 Å². The molecule has 0 aliphatic carbocycles. The molecule has 0 aromatic heterocycles. The Hall–Kier alpha value is -0.880. The number of hydrogen-bond acceptors (Lipinski definition) is 4. The van der Waals surface area contributed by atoms with Crippen molar-refractivity contribution in [3.63, 3.8) is 0 Å². The molecule has 1 aromatic rings. The van der Waals surface area contributed by atoms with Crippen LogP contribution >= 0.6 is 39.9 Å². The van der Waals surface area contributed by atoms with Gasteiger partial charge >= 0.3 is 0 Å². The molecule has 1 aliphatic heterocycles. The van der Waals surface area contributed by atoms with Crippen LogP contribution in [0.2, 0.25) is 0 Å². The fourth-order valence-electron chi connectivity index (χ4n) is 2.74. The quantitative estimate of drug-likeness (QED) is 0.249. The van der Waals surface area contributed by atoms with Gasteiger partial charge in [0, 0.05) is 43.3 Å². The molecule has 1 heterocycles. The van der Waals surface area contributed by atoms with Crippen molar-refractivity contribution in [3.05, 3.63) is 34.3 Å². The van der Waals surface area contributed by atoms with Crippen LogP contribution < -0.4 is 10.6 Å². The molecule has 27 heavy (non-hydrogen) atoms. The number of nitrogens with zero attached hydrogens (tertiary/aromatic N) is 2. The number of sulfone groups is 1. The van der Waals surface area contributed by atoms with Crippen molar-refractivity contribution in [2.45, 2.75) is 18.6 Å². The van der Waals surface area contributed by atoms with E-state index in [1.165, 1.54) is 0 Å². The van der Waals surface area contributed by atoms with Gasteiger partial charge < -0.3 is 15.5 Å². The Morgan fingerprint density at radius 2 is 1.96 bits per heavy atom. The number of guanidine groups is 1. The number of rotatable bonds is 4. The molecule has 0 spiro atoms. The molecule has 1 fully saturated rings. The van der Waals surface area contributed by atoms with Crippen molar-refractivity contribution in [2.24, 2.45) is 4.99 Å². The van der Waals surface area contributed by atoms with Gasteiger partial charge in [0.15, 0.2) is 15.8 Å². The maximum absolute atomic E-state index is 12.1. The van der Waals surface area contributed by atoms with Crippen molar-refractivity contribution in [1.82, 2.24) is 15.5 Å². The predicted molar refractivity (Wildman–Crippen MR) is 123 cm³/mol. The van der Waals surface area contributed by atoms with E-state index in [1.54, 1.807) is 33.0 Å². The van der Waals surface area contributed by atoms with Crippen molar-refractivity contribution >= 4 is 61.6 Å². The lowest BCUT2D eigenvalue weighted by Gasteiger charge is -2.39. The van der Waals surface area contributed by atoms with Crippen LogP contribution in [0.5, 0.6) is 0 Å². The molecule has 0 saturated carbocycles. The minimum atomic E-state index is -3.09. The first kappa shape index (κ1) is 24.2. The maximum Gasteiger partial charge on any atom is 0.251 e. The Morgan fingerprint density at radius 3 is 2.56 bits per heavy atom. The minimum Gasteiger partial charge on any atom is -0.354 e. The second-order valence-electron chi connectivity index (χ2n) is 6.74. The Kier molecular flexibility index (Phi) is 9.00. The van der Waals surface area contributed by atoms with Gasteiger partial charge in [0.2, 0.25) is 0 Å². The lowest BCUT2D eigenvalue weighted by molar-refractivity contribution is 0.0954. The van der Waals surface area contributed by atoms with Gasteiger partial charge in [-0.15, -0.1) is 24.0 Å². The highest BCUT2D eigenvalue weighted by Crippen LogP contribution is 2.23. The lowest BCUT2D eigenvalue weighted by atomic mass is 10.2. The van der Waals surface area contributed by atoms with Crippen molar-refractivity contribution < 1.29 is 13.2 Å². The number of aliphatic imine (C=N–C) groups is 1. The number of carbonyl (C=O) groups is 1. The number of hydrogen-bond donors (Lipinski definition) is 2. The summed E-state index contributed by atoms with van der Waals surface area (Å²) in [4.78, 5) is 18.3. The largest absolute Gasteiger partial charge is 0.354 e. The van der Waals surface area contributed by atoms with E-state index in [2.05, 4.69) is 31.6 Å². The molecular formula is C17H26BrIN4O3S. The zero-order valence-electron chi connectivity index (χ0n) is 15.7. The van der Waals surface area contributed by atoms with E-state index >= 15 is 0 Å². The highest BCUT2D eigenvalue weighted by Gasteiger charge is 2.40. The third-order valence-electron chi connectivity index (χ3n) is 4.34. The van der Waals surface area contributed by atoms with Crippen LogP contribution in [0.1, 0.15) is 24.2 Å². The van der Waals surface area contributed by atoms with Crippen LogP contribution in [-0.2, 0) is 9.84 Å². The molecule has 1 aliphatic rings. The van der Waals surface area contributed by atoms with E-state index in [1.807, 2.05) is 17.0 Å². The summed E-state index contributed by atoms with van der Waals surface area (Å²) in [6.45, 7) is 5.20. The monoisotopic (exact) mass is 572 g/mol. The van der Waals surface area contributed by atoms with Gasteiger partial charge in [-0.1, -0.05) is 22.0 Å². The average molecular weight is 573 g/mol. The molecular weight excluding hydrogens is 547 g/mol. The standard InChI is InChI=1S/C17H25BrN4O3S.HI/c1-17(2)12-22(9-10-26(17,24)25)16(19-3)21-8-7-20-15(23)13-5-4-6-14(18)11-13;/h4-6,11H,7-10,12H2,1-3H3,(H,19,21)(H,20,23);1H. The van der Waals surface area contributed by atoms with E-state index < -0.39 is 14.6 Å². The summed E-state index contributed by atoms with van der Waals surface area (Å²) in [6.07, 6.45) is 0. The third kappa shape index (κ3) is 6.31. The van der Waals surface area contributed by atoms with E-state index in [4.69, 9.17) is 0 Å². The van der Waals surface area contributed by atoms with Crippen LogP contribution in [-0.4, -0.2) is 68.9 Å². The van der Waals surface area contributed by atoms with Gasteiger partial charge in [0.1, 0.15) is 0 Å². The summed E-state index contributed by atoms with van der Waals surface area (Å²) in [5, 5.41) is 6.03. The second-order valence-corrected chi connectivity index (χ2v) is 10.4. The number of benzene rings is 1. The molecule has 7 nitrogen and oxygen atoms in total. The Bertz CT molecular complexity index is 799. The lowest BCUT2D eigenvalue weighted by Crippen LogP contribution is -2.57. The molecule has 0 radical (unpaired) electrons.